The summed E-state index contributed by atoms with van der Waals surface area (Å²) in [6, 6.07) is 9.39. The first-order valence-corrected chi connectivity index (χ1v) is 5.08. The summed E-state index contributed by atoms with van der Waals surface area (Å²) in [6.45, 7) is 1.88. The molecule has 16 heavy (non-hydrogen) atoms. The van der Waals surface area contributed by atoms with Crippen LogP contribution in [0.1, 0.15) is 24.0 Å². The van der Waals surface area contributed by atoms with E-state index in [-0.39, 0.29) is 11.7 Å². The summed E-state index contributed by atoms with van der Waals surface area (Å²) in [5.41, 5.74) is 0.835. The Bertz CT molecular complexity index is 477. The fourth-order valence-corrected chi connectivity index (χ4v) is 1.30. The fourth-order valence-electron chi connectivity index (χ4n) is 1.30. The van der Waals surface area contributed by atoms with Gasteiger partial charge in [-0.15, -0.1) is 0 Å². The van der Waals surface area contributed by atoms with Crippen LogP contribution in [0, 0.1) is 6.42 Å². The molecule has 0 saturated heterocycles. The smallest absolute Gasteiger partial charge is 0.294 e. The number of Topliss-reactive ketones (excluding diaryl/α,β-unsaturated/α-hetero) is 1. The molecule has 0 bridgehead atoms. The first kappa shape index (κ1) is 10.5. The third-order valence-corrected chi connectivity index (χ3v) is 2.06. The van der Waals surface area contributed by atoms with Gasteiger partial charge in [-0.1, -0.05) is 42.4 Å². The lowest BCUT2D eigenvalue weighted by Gasteiger charge is -1.90. The lowest BCUT2D eigenvalue weighted by Crippen LogP contribution is -1.98. The van der Waals surface area contributed by atoms with Crippen molar-refractivity contribution in [1.29, 1.82) is 0 Å². The van der Waals surface area contributed by atoms with Crippen molar-refractivity contribution < 1.29 is 9.32 Å². The van der Waals surface area contributed by atoms with Crippen molar-refractivity contribution in [2.75, 3.05) is 0 Å². The minimum Gasteiger partial charge on any atom is -0.330 e. The molecule has 0 aliphatic rings. The molecule has 0 aliphatic carbocycles. The minimum absolute atomic E-state index is 0.0423. The SMILES string of the molecule is CC[CH]C(=O)c1nc(-c2ccccc2)no1. The molecule has 4 heteroatoms. The van der Waals surface area contributed by atoms with Gasteiger partial charge >= 0.3 is 0 Å². The van der Waals surface area contributed by atoms with Crippen molar-refractivity contribution in [3.8, 4) is 11.4 Å². The molecule has 0 atom stereocenters. The fraction of sp³-hybridized carbons (Fsp3) is 0.167. The standard InChI is InChI=1S/C12H11N2O2/c1-2-6-10(15)12-13-11(14-16-12)9-7-4-3-5-8-9/h3-8H,2H2,1H3. The molecule has 1 aromatic carbocycles. The van der Waals surface area contributed by atoms with Crippen molar-refractivity contribution in [2.45, 2.75) is 13.3 Å². The van der Waals surface area contributed by atoms with Crippen LogP contribution in [-0.2, 0) is 0 Å². The van der Waals surface area contributed by atoms with Crippen molar-refractivity contribution >= 4 is 5.78 Å². The second kappa shape index (κ2) is 4.70. The summed E-state index contributed by atoms with van der Waals surface area (Å²) >= 11 is 0. The van der Waals surface area contributed by atoms with Gasteiger partial charge in [0.05, 0.1) is 0 Å². The van der Waals surface area contributed by atoms with Gasteiger partial charge in [0.2, 0.25) is 11.6 Å². The number of carbonyl (C=O) groups excluding carboxylic acids is 1. The molecule has 1 aromatic heterocycles. The van der Waals surface area contributed by atoms with E-state index < -0.39 is 0 Å². The van der Waals surface area contributed by atoms with E-state index in [4.69, 9.17) is 4.52 Å². The molecule has 1 radical (unpaired) electrons. The van der Waals surface area contributed by atoms with Crippen LogP contribution >= 0.6 is 0 Å². The Hall–Kier alpha value is -1.97. The maximum Gasteiger partial charge on any atom is 0.294 e. The quantitative estimate of drug-likeness (QED) is 0.735. The van der Waals surface area contributed by atoms with Crippen LogP contribution in [0.2, 0.25) is 0 Å². The van der Waals surface area contributed by atoms with Crippen LogP contribution in [0.5, 0.6) is 0 Å². The number of hydrogen-bond acceptors (Lipinski definition) is 4. The third-order valence-electron chi connectivity index (χ3n) is 2.06. The average Bonchev–Trinajstić information content (AvgIpc) is 2.80. The van der Waals surface area contributed by atoms with Crippen LogP contribution in [0.4, 0.5) is 0 Å². The number of hydrogen-bond donors (Lipinski definition) is 0. The molecule has 0 amide bonds. The first-order chi connectivity index (χ1) is 7.81. The average molecular weight is 215 g/mol. The van der Waals surface area contributed by atoms with Crippen molar-refractivity contribution in [2.24, 2.45) is 0 Å². The highest BCUT2D eigenvalue weighted by Gasteiger charge is 2.14. The summed E-state index contributed by atoms with van der Waals surface area (Å²) in [5.74, 6) is 0.256. The number of nitrogens with zero attached hydrogens (tertiary/aromatic N) is 2. The molecule has 2 aromatic rings. The minimum atomic E-state index is -0.225. The number of aromatic nitrogens is 2. The van der Waals surface area contributed by atoms with Crippen LogP contribution in [0.3, 0.4) is 0 Å². The highest BCUT2D eigenvalue weighted by molar-refractivity contribution is 5.98. The lowest BCUT2D eigenvalue weighted by atomic mass is 10.2. The molecule has 0 fully saturated rings. The number of benzene rings is 1. The number of rotatable bonds is 4. The van der Waals surface area contributed by atoms with Crippen molar-refractivity contribution in [3.05, 3.63) is 42.6 Å². The van der Waals surface area contributed by atoms with Crippen LogP contribution in [0.25, 0.3) is 11.4 Å². The van der Waals surface area contributed by atoms with Gasteiger partial charge in [0, 0.05) is 12.0 Å². The molecule has 0 saturated carbocycles. The molecule has 0 unspecified atom stereocenters. The Labute approximate surface area is 93.3 Å². The Balaban J connectivity index is 2.23. The van der Waals surface area contributed by atoms with E-state index in [2.05, 4.69) is 10.1 Å². The van der Waals surface area contributed by atoms with Crippen LogP contribution < -0.4 is 0 Å². The molecule has 0 aliphatic heterocycles. The molecule has 81 valence electrons. The van der Waals surface area contributed by atoms with Gasteiger partial charge in [-0.2, -0.15) is 4.98 Å². The van der Waals surface area contributed by atoms with E-state index in [1.165, 1.54) is 6.42 Å². The molecular weight excluding hydrogens is 204 g/mol. The van der Waals surface area contributed by atoms with Gasteiger partial charge in [-0.05, 0) is 6.42 Å². The van der Waals surface area contributed by atoms with Gasteiger partial charge in [-0.3, -0.25) is 4.79 Å². The maximum absolute atomic E-state index is 11.4. The molecule has 4 nitrogen and oxygen atoms in total. The van der Waals surface area contributed by atoms with Crippen molar-refractivity contribution in [1.82, 2.24) is 10.1 Å². The van der Waals surface area contributed by atoms with E-state index in [9.17, 15) is 4.79 Å². The monoisotopic (exact) mass is 215 g/mol. The Kier molecular flexibility index (Phi) is 3.10. The zero-order valence-corrected chi connectivity index (χ0v) is 8.88. The molecular formula is C12H11N2O2. The summed E-state index contributed by atoms with van der Waals surface area (Å²) in [7, 11) is 0. The van der Waals surface area contributed by atoms with E-state index in [0.29, 0.717) is 12.2 Å². The van der Waals surface area contributed by atoms with E-state index in [1.54, 1.807) is 0 Å². The van der Waals surface area contributed by atoms with E-state index in [1.807, 2.05) is 37.3 Å². The Morgan fingerprint density at radius 1 is 1.38 bits per heavy atom. The molecule has 0 N–H and O–H groups in total. The van der Waals surface area contributed by atoms with Gasteiger partial charge < -0.3 is 4.52 Å². The van der Waals surface area contributed by atoms with Gasteiger partial charge in [-0.25, -0.2) is 0 Å². The molecule has 0 spiro atoms. The molecule has 1 heterocycles. The number of ketones is 1. The third kappa shape index (κ3) is 2.16. The van der Waals surface area contributed by atoms with Crippen molar-refractivity contribution in [3.63, 3.8) is 0 Å². The van der Waals surface area contributed by atoms with Gasteiger partial charge in [0.15, 0.2) is 0 Å². The number of carbonyl (C=O) groups is 1. The first-order valence-electron chi connectivity index (χ1n) is 5.08. The predicted octanol–water partition coefficient (Wildman–Crippen LogP) is 2.53. The van der Waals surface area contributed by atoms with Crippen LogP contribution in [0.15, 0.2) is 34.9 Å². The maximum atomic E-state index is 11.4. The normalized spacial score (nSPS) is 10.3. The van der Waals surface area contributed by atoms with Gasteiger partial charge in [0.25, 0.3) is 5.89 Å². The highest BCUT2D eigenvalue weighted by atomic mass is 16.5. The summed E-state index contributed by atoms with van der Waals surface area (Å²) in [4.78, 5) is 15.5. The molecule has 2 rings (SSSR count). The largest absolute Gasteiger partial charge is 0.330 e. The Morgan fingerprint density at radius 2 is 2.12 bits per heavy atom. The zero-order valence-electron chi connectivity index (χ0n) is 8.88. The Morgan fingerprint density at radius 3 is 2.81 bits per heavy atom. The summed E-state index contributed by atoms with van der Waals surface area (Å²) < 4.78 is 4.89. The predicted molar refractivity (Wildman–Crippen MR) is 58.7 cm³/mol. The zero-order chi connectivity index (χ0) is 11.4. The van der Waals surface area contributed by atoms with Crippen LogP contribution in [-0.4, -0.2) is 15.9 Å². The van der Waals surface area contributed by atoms with Gasteiger partial charge in [0.1, 0.15) is 0 Å². The lowest BCUT2D eigenvalue weighted by molar-refractivity contribution is 0.0982. The second-order valence-corrected chi connectivity index (χ2v) is 3.27. The van der Waals surface area contributed by atoms with E-state index in [0.717, 1.165) is 5.56 Å². The second-order valence-electron chi connectivity index (χ2n) is 3.27. The highest BCUT2D eigenvalue weighted by Crippen LogP contribution is 2.15. The summed E-state index contributed by atoms with van der Waals surface area (Å²) in [5, 5.41) is 3.76. The topological polar surface area (TPSA) is 56.0 Å². The summed E-state index contributed by atoms with van der Waals surface area (Å²) in [6.07, 6.45) is 2.17. The van der Waals surface area contributed by atoms with E-state index >= 15 is 0 Å².